The number of pyridine rings is 1. The van der Waals surface area contributed by atoms with Crippen molar-refractivity contribution in [1.82, 2.24) is 14.5 Å². The van der Waals surface area contributed by atoms with E-state index in [-0.39, 0.29) is 17.1 Å². The van der Waals surface area contributed by atoms with Crippen LogP contribution in [0, 0.1) is 5.82 Å². The Morgan fingerprint density at radius 3 is 2.45 bits per heavy atom. The van der Waals surface area contributed by atoms with E-state index in [0.717, 1.165) is 38.4 Å². The fraction of sp³-hybridized carbons (Fsp3) is 0.435. The molecule has 2 aromatic heterocycles. The number of rotatable bonds is 6. The Morgan fingerprint density at radius 1 is 1.09 bits per heavy atom. The molecule has 7 nitrogen and oxygen atoms in total. The van der Waals surface area contributed by atoms with Gasteiger partial charge in [0.25, 0.3) is 12.0 Å². The second-order valence-electron chi connectivity index (χ2n) is 8.24. The van der Waals surface area contributed by atoms with E-state index in [1.165, 1.54) is 16.7 Å². The van der Waals surface area contributed by atoms with Crippen LogP contribution in [0.5, 0.6) is 0 Å². The first-order chi connectivity index (χ1) is 15.8. The highest BCUT2D eigenvalue weighted by molar-refractivity contribution is 5.90. The summed E-state index contributed by atoms with van der Waals surface area (Å²) in [6, 6.07) is 5.06. The fourth-order valence-corrected chi connectivity index (χ4v) is 4.25. The lowest BCUT2D eigenvalue weighted by molar-refractivity contribution is 0.146. The number of alkyl halides is 2. The molecule has 0 saturated carbocycles. The molecule has 1 saturated heterocycles. The smallest absolute Gasteiger partial charge is 0.275 e. The molecule has 1 aromatic carbocycles. The van der Waals surface area contributed by atoms with E-state index in [4.69, 9.17) is 0 Å². The maximum atomic E-state index is 14.7. The zero-order chi connectivity index (χ0) is 23.7. The molecule has 1 aliphatic rings. The molecule has 1 atom stereocenters. The molecule has 2 N–H and O–H groups in total. The van der Waals surface area contributed by atoms with Crippen molar-refractivity contribution in [2.45, 2.75) is 38.7 Å². The van der Waals surface area contributed by atoms with Crippen molar-refractivity contribution in [2.75, 3.05) is 35.7 Å². The molecule has 1 fully saturated rings. The molecule has 3 heterocycles. The van der Waals surface area contributed by atoms with Crippen molar-refractivity contribution in [1.29, 1.82) is 0 Å². The molecule has 0 radical (unpaired) electrons. The Kier molecular flexibility index (Phi) is 6.44. The minimum Gasteiger partial charge on any atom is -0.367 e. The summed E-state index contributed by atoms with van der Waals surface area (Å²) in [6.07, 6.45) is 0.248. The Balaban J connectivity index is 1.82. The number of aryl methyl sites for hydroxylation is 1. The van der Waals surface area contributed by atoms with Crippen LogP contribution in [-0.4, -0.2) is 34.7 Å². The number of fused-ring (bicyclic) bond motifs is 1. The van der Waals surface area contributed by atoms with Crippen molar-refractivity contribution in [3.05, 3.63) is 51.6 Å². The summed E-state index contributed by atoms with van der Waals surface area (Å²) in [5.41, 5.74) is 0.287. The number of benzene rings is 1. The SMILES string of the molecule is CNc1nc(N[C@H](C)c2cccc(C(F)F)c2F)c2cc(N3CCCCC3)c(=O)n(C)c2n1. The zero-order valence-corrected chi connectivity index (χ0v) is 18.8. The van der Waals surface area contributed by atoms with Crippen molar-refractivity contribution < 1.29 is 13.2 Å². The number of hydrogen-bond donors (Lipinski definition) is 2. The predicted octanol–water partition coefficient (Wildman–Crippen LogP) is 4.61. The lowest BCUT2D eigenvalue weighted by Gasteiger charge is -2.29. The third-order valence-corrected chi connectivity index (χ3v) is 6.08. The first-order valence-electron chi connectivity index (χ1n) is 11.0. The normalized spacial score (nSPS) is 15.2. The molecule has 176 valence electrons. The fourth-order valence-electron chi connectivity index (χ4n) is 4.25. The molecule has 33 heavy (non-hydrogen) atoms. The van der Waals surface area contributed by atoms with Gasteiger partial charge in [0.1, 0.15) is 23.0 Å². The molecule has 0 spiro atoms. The summed E-state index contributed by atoms with van der Waals surface area (Å²) in [5, 5.41) is 6.61. The van der Waals surface area contributed by atoms with Crippen molar-refractivity contribution in [2.24, 2.45) is 7.05 Å². The van der Waals surface area contributed by atoms with Gasteiger partial charge in [0.2, 0.25) is 5.95 Å². The second-order valence-corrected chi connectivity index (χ2v) is 8.24. The number of anilines is 3. The lowest BCUT2D eigenvalue weighted by Crippen LogP contribution is -2.35. The van der Waals surface area contributed by atoms with Gasteiger partial charge in [-0.3, -0.25) is 9.36 Å². The highest BCUT2D eigenvalue weighted by atomic mass is 19.3. The van der Waals surface area contributed by atoms with Crippen LogP contribution >= 0.6 is 0 Å². The van der Waals surface area contributed by atoms with Gasteiger partial charge in [0.05, 0.1) is 17.0 Å². The molecule has 3 aromatic rings. The minimum atomic E-state index is -2.91. The van der Waals surface area contributed by atoms with Gasteiger partial charge in [-0.25, -0.2) is 13.2 Å². The van der Waals surface area contributed by atoms with Crippen LogP contribution in [0.2, 0.25) is 0 Å². The van der Waals surface area contributed by atoms with Gasteiger partial charge in [-0.05, 0) is 32.3 Å². The summed E-state index contributed by atoms with van der Waals surface area (Å²) in [6.45, 7) is 3.26. The summed E-state index contributed by atoms with van der Waals surface area (Å²) < 4.78 is 42.6. The molecular weight excluding hydrogens is 433 g/mol. The highest BCUT2D eigenvalue weighted by Gasteiger charge is 2.23. The molecule has 10 heteroatoms. The average molecular weight is 461 g/mol. The quantitative estimate of drug-likeness (QED) is 0.560. The van der Waals surface area contributed by atoms with E-state index in [1.807, 2.05) is 0 Å². The number of piperidine rings is 1. The molecule has 0 bridgehead atoms. The Labute approximate surface area is 189 Å². The Morgan fingerprint density at radius 2 is 1.79 bits per heavy atom. The van der Waals surface area contributed by atoms with Gasteiger partial charge >= 0.3 is 0 Å². The molecule has 1 aliphatic heterocycles. The number of hydrogen-bond acceptors (Lipinski definition) is 6. The van der Waals surface area contributed by atoms with E-state index in [1.54, 1.807) is 27.1 Å². The summed E-state index contributed by atoms with van der Waals surface area (Å²) >= 11 is 0. The zero-order valence-electron chi connectivity index (χ0n) is 18.8. The van der Waals surface area contributed by atoms with E-state index in [0.29, 0.717) is 22.5 Å². The van der Waals surface area contributed by atoms with E-state index in [2.05, 4.69) is 25.5 Å². The first-order valence-corrected chi connectivity index (χ1v) is 11.0. The van der Waals surface area contributed by atoms with Gasteiger partial charge in [0, 0.05) is 32.7 Å². The Bertz CT molecular complexity index is 1220. The lowest BCUT2D eigenvalue weighted by atomic mass is 10.0. The maximum absolute atomic E-state index is 14.7. The van der Waals surface area contributed by atoms with Crippen LogP contribution < -0.4 is 21.1 Å². The van der Waals surface area contributed by atoms with Crippen LogP contribution in [0.15, 0.2) is 29.1 Å². The highest BCUT2D eigenvalue weighted by Crippen LogP contribution is 2.31. The minimum absolute atomic E-state index is 0.103. The van der Waals surface area contributed by atoms with E-state index >= 15 is 0 Å². The number of aromatic nitrogens is 3. The Hall–Kier alpha value is -3.30. The summed E-state index contributed by atoms with van der Waals surface area (Å²) in [4.78, 5) is 24.1. The monoisotopic (exact) mass is 460 g/mol. The van der Waals surface area contributed by atoms with Crippen molar-refractivity contribution >= 4 is 28.5 Å². The van der Waals surface area contributed by atoms with Crippen LogP contribution in [-0.2, 0) is 7.05 Å². The second kappa shape index (κ2) is 9.29. The van der Waals surface area contributed by atoms with Crippen molar-refractivity contribution in [3.8, 4) is 0 Å². The standard InChI is InChI=1S/C23H27F3N6O/c1-13(14-8-7-9-15(18(14)24)19(25)26)28-20-16-12-17(32-10-5-4-6-11-32)22(33)31(3)21(16)30-23(27-2)29-20/h7-9,12-13,19H,4-6,10-11H2,1-3H3,(H2,27,28,29,30)/t13-/m1/s1. The average Bonchev–Trinajstić information content (AvgIpc) is 2.81. The third kappa shape index (κ3) is 4.34. The van der Waals surface area contributed by atoms with E-state index < -0.39 is 23.8 Å². The molecule has 0 unspecified atom stereocenters. The maximum Gasteiger partial charge on any atom is 0.275 e. The van der Waals surface area contributed by atoms with Crippen LogP contribution in [0.25, 0.3) is 11.0 Å². The molecular formula is C23H27F3N6O. The number of nitrogens with zero attached hydrogens (tertiary/aromatic N) is 4. The van der Waals surface area contributed by atoms with Crippen LogP contribution in [0.1, 0.15) is 49.8 Å². The van der Waals surface area contributed by atoms with Gasteiger partial charge in [-0.2, -0.15) is 9.97 Å². The van der Waals surface area contributed by atoms with Gasteiger partial charge in [0.15, 0.2) is 0 Å². The largest absolute Gasteiger partial charge is 0.367 e. The molecule has 0 aliphatic carbocycles. The van der Waals surface area contributed by atoms with Crippen LogP contribution in [0.4, 0.5) is 30.6 Å². The molecule has 4 rings (SSSR count). The topological polar surface area (TPSA) is 75.1 Å². The molecule has 0 amide bonds. The summed E-state index contributed by atoms with van der Waals surface area (Å²) in [5.74, 6) is -0.284. The predicted molar refractivity (Wildman–Crippen MR) is 124 cm³/mol. The van der Waals surface area contributed by atoms with Crippen LogP contribution in [0.3, 0.4) is 0 Å². The van der Waals surface area contributed by atoms with Gasteiger partial charge in [-0.1, -0.05) is 18.2 Å². The van der Waals surface area contributed by atoms with Gasteiger partial charge < -0.3 is 15.5 Å². The number of halogens is 3. The van der Waals surface area contributed by atoms with Crippen molar-refractivity contribution in [3.63, 3.8) is 0 Å². The summed E-state index contributed by atoms with van der Waals surface area (Å²) in [7, 11) is 3.31. The van der Waals surface area contributed by atoms with E-state index in [9.17, 15) is 18.0 Å². The number of nitrogens with one attached hydrogen (secondary N) is 2. The first kappa shape index (κ1) is 22.9. The third-order valence-electron chi connectivity index (χ3n) is 6.08. The van der Waals surface area contributed by atoms with Gasteiger partial charge in [-0.15, -0.1) is 0 Å².